The predicted molar refractivity (Wildman–Crippen MR) is 202 cm³/mol. The van der Waals surface area contributed by atoms with Crippen molar-refractivity contribution in [3.63, 3.8) is 0 Å². The summed E-state index contributed by atoms with van der Waals surface area (Å²) in [6.07, 6.45) is 1.54. The number of rotatable bonds is 15. The molecule has 2 heterocycles. The number of amides is 2. The van der Waals surface area contributed by atoms with Crippen LogP contribution in [-0.4, -0.2) is 78.4 Å². The number of Topliss-reactive ketones (excluding diaryl/α,β-unsaturated/α-hetero) is 1. The number of nitrogens with zero attached hydrogens (tertiary/aromatic N) is 2. The Morgan fingerprint density at radius 1 is 1.15 bits per heavy atom. The molecule has 1 saturated heterocycles. The molecular formula is C39H52ClN3O10S. The number of benzene rings is 1. The van der Waals surface area contributed by atoms with Gasteiger partial charge in [0.2, 0.25) is 17.7 Å². The quantitative estimate of drug-likeness (QED) is 0.163. The second-order valence-corrected chi connectivity index (χ2v) is 18.7. The maximum atomic E-state index is 14.6. The van der Waals surface area contributed by atoms with E-state index in [2.05, 4.69) is 11.6 Å². The molecule has 54 heavy (non-hydrogen) atoms. The van der Waals surface area contributed by atoms with Gasteiger partial charge in [-0.2, -0.15) is 8.42 Å². The summed E-state index contributed by atoms with van der Waals surface area (Å²) in [6, 6.07) is 5.81. The van der Waals surface area contributed by atoms with Gasteiger partial charge in [-0.05, 0) is 77.3 Å². The third-order valence-electron chi connectivity index (χ3n) is 10.2. The Balaban J connectivity index is 1.47. The van der Waals surface area contributed by atoms with Gasteiger partial charge in [0.05, 0.1) is 53.1 Å². The first kappa shape index (κ1) is 41.4. The first-order valence-corrected chi connectivity index (χ1v) is 20.1. The number of carbonyl (C=O) groups excluding carboxylic acids is 4. The van der Waals surface area contributed by atoms with Gasteiger partial charge in [0.25, 0.3) is 0 Å². The number of para-hydroxylation sites is 1. The number of hydrogen-bond donors (Lipinski definition) is 1. The molecule has 2 saturated carbocycles. The molecule has 0 bridgehead atoms. The molecule has 3 aliphatic rings. The summed E-state index contributed by atoms with van der Waals surface area (Å²) < 4.78 is 50.7. The highest BCUT2D eigenvalue weighted by molar-refractivity contribution is 7.85. The van der Waals surface area contributed by atoms with Crippen molar-refractivity contribution in [1.82, 2.24) is 14.6 Å². The molecule has 0 unspecified atom stereocenters. The van der Waals surface area contributed by atoms with Gasteiger partial charge >= 0.3 is 16.3 Å². The lowest BCUT2D eigenvalue weighted by molar-refractivity contribution is -0.161. The molecule has 15 heteroatoms. The number of aromatic nitrogens is 1. The van der Waals surface area contributed by atoms with Crippen LogP contribution in [0.25, 0.3) is 10.9 Å². The van der Waals surface area contributed by atoms with Crippen molar-refractivity contribution in [2.45, 2.75) is 117 Å². The van der Waals surface area contributed by atoms with Crippen LogP contribution in [0.1, 0.15) is 93.9 Å². The fraction of sp³-hybridized carbons (Fsp3) is 0.615. The van der Waals surface area contributed by atoms with Crippen molar-refractivity contribution in [3.8, 4) is 11.6 Å². The number of ketones is 1. The summed E-state index contributed by atoms with van der Waals surface area (Å²) >= 11 is 6.50. The Hall–Kier alpha value is -3.75. The number of likely N-dealkylation sites (tertiary alicyclic amines) is 1. The van der Waals surface area contributed by atoms with Gasteiger partial charge in [-0.15, -0.1) is 6.58 Å². The molecular weight excluding hydrogens is 738 g/mol. The highest BCUT2D eigenvalue weighted by Gasteiger charge is 2.61. The van der Waals surface area contributed by atoms with Gasteiger partial charge in [-0.1, -0.05) is 44.5 Å². The normalized spacial score (nSPS) is 24.0. The van der Waals surface area contributed by atoms with Crippen molar-refractivity contribution in [1.29, 1.82) is 0 Å². The zero-order chi connectivity index (χ0) is 40.0. The monoisotopic (exact) mass is 789 g/mol. The molecule has 2 aliphatic carbocycles. The maximum absolute atomic E-state index is 14.6. The first-order valence-electron chi connectivity index (χ1n) is 18.3. The Bertz CT molecular complexity index is 1930. The van der Waals surface area contributed by atoms with Gasteiger partial charge in [0.1, 0.15) is 17.5 Å². The van der Waals surface area contributed by atoms with Gasteiger partial charge in [-0.25, -0.2) is 13.9 Å². The van der Waals surface area contributed by atoms with E-state index in [0.29, 0.717) is 41.1 Å². The van der Waals surface area contributed by atoms with E-state index in [9.17, 15) is 27.6 Å². The number of allylic oxidation sites excluding steroid dienone is 1. The Kier molecular flexibility index (Phi) is 11.6. The van der Waals surface area contributed by atoms with Crippen LogP contribution in [0, 0.1) is 22.7 Å². The van der Waals surface area contributed by atoms with Crippen molar-refractivity contribution >= 4 is 56.4 Å². The highest BCUT2D eigenvalue weighted by atomic mass is 35.5. The minimum Gasteiger partial charge on any atom is -0.488 e. The minimum atomic E-state index is -4.45. The van der Waals surface area contributed by atoms with E-state index < -0.39 is 79.9 Å². The van der Waals surface area contributed by atoms with E-state index in [-0.39, 0.29) is 38.1 Å². The first-order chi connectivity index (χ1) is 25.0. The average Bonchev–Trinajstić information content (AvgIpc) is 3.91. The SMILES string of the molecule is C=C[C@@H]1C[C@]1(CC(=O)[C@@H]1C[C@@H](Oc2cc(OCC)nc3c(Cl)cccc23)CN1C(=O)[C@@H](CC(=O)OC(C)(C)C)C(C)(C)C)C(=O)NS(=O)(=O)OC1(C)CC1. The van der Waals surface area contributed by atoms with Crippen LogP contribution in [0.3, 0.4) is 0 Å². The third kappa shape index (κ3) is 9.54. The molecule has 2 amide bonds. The summed E-state index contributed by atoms with van der Waals surface area (Å²) in [5, 5.41) is 0.982. The topological polar surface area (TPSA) is 168 Å². The van der Waals surface area contributed by atoms with Gasteiger partial charge in [0, 0.05) is 24.3 Å². The number of pyridine rings is 1. The number of esters is 1. The van der Waals surface area contributed by atoms with Gasteiger partial charge < -0.3 is 19.1 Å². The van der Waals surface area contributed by atoms with E-state index in [1.54, 1.807) is 52.0 Å². The van der Waals surface area contributed by atoms with Crippen LogP contribution in [-0.2, 0) is 38.4 Å². The second kappa shape index (κ2) is 15.1. The smallest absolute Gasteiger partial charge is 0.362 e. The zero-order valence-corrected chi connectivity index (χ0v) is 33.9. The van der Waals surface area contributed by atoms with Crippen molar-refractivity contribution in [3.05, 3.63) is 41.9 Å². The molecule has 13 nitrogen and oxygen atoms in total. The standard InChI is InChI=1S/C39H52ClN3O10S/c1-10-23-20-39(23,35(47)42-54(48,49)53-38(9)15-16-38)21-29(44)28-17-24(51-30-19-31(50-11-2)41-33-25(30)13-12-14-27(33)40)22-43(28)34(46)26(36(3,4)5)18-32(45)52-37(6,7)8/h10,12-14,19,23-24,26,28H,1,11,15-18,20-22H2,2-9H3,(H,42,47)/t23-,24-,26-,28+,39-/m1/s1. The fourth-order valence-electron chi connectivity index (χ4n) is 6.98. The maximum Gasteiger partial charge on any atom is 0.362 e. The molecule has 3 fully saturated rings. The summed E-state index contributed by atoms with van der Waals surface area (Å²) in [4.78, 5) is 61.8. The number of nitrogens with one attached hydrogen (secondary N) is 1. The summed E-state index contributed by atoms with van der Waals surface area (Å²) in [5.74, 6) is -3.01. The molecule has 2 aromatic rings. The molecule has 1 N–H and O–H groups in total. The average molecular weight is 790 g/mol. The number of carbonyl (C=O) groups is 4. The highest BCUT2D eigenvalue weighted by Crippen LogP contribution is 2.57. The number of ether oxygens (including phenoxy) is 3. The van der Waals surface area contributed by atoms with E-state index in [0.717, 1.165) is 0 Å². The molecule has 1 aromatic heterocycles. The Morgan fingerprint density at radius 3 is 2.41 bits per heavy atom. The Labute approximate surface area is 322 Å². The second-order valence-electron chi connectivity index (χ2n) is 17.0. The molecule has 1 aromatic carbocycles. The summed E-state index contributed by atoms with van der Waals surface area (Å²) in [6.45, 7) is 18.3. The van der Waals surface area contributed by atoms with Gasteiger partial charge in [0.15, 0.2) is 5.78 Å². The fourth-order valence-corrected chi connectivity index (χ4v) is 8.37. The molecule has 1 aliphatic heterocycles. The van der Waals surface area contributed by atoms with Crippen molar-refractivity contribution < 1.29 is 46.0 Å². The molecule has 0 spiro atoms. The largest absolute Gasteiger partial charge is 0.488 e. The van der Waals surface area contributed by atoms with Crippen molar-refractivity contribution in [2.75, 3.05) is 13.2 Å². The van der Waals surface area contributed by atoms with Crippen LogP contribution in [0.4, 0.5) is 0 Å². The van der Waals surface area contributed by atoms with Crippen LogP contribution in [0.5, 0.6) is 11.6 Å². The number of halogens is 1. The molecule has 5 rings (SSSR count). The van der Waals surface area contributed by atoms with Crippen LogP contribution in [0.2, 0.25) is 5.02 Å². The lowest BCUT2D eigenvalue weighted by atomic mass is 9.77. The predicted octanol–water partition coefficient (Wildman–Crippen LogP) is 6.11. The number of fused-ring (bicyclic) bond motifs is 1. The van der Waals surface area contributed by atoms with E-state index in [4.69, 9.17) is 30.0 Å². The van der Waals surface area contributed by atoms with Crippen LogP contribution < -0.4 is 14.2 Å². The van der Waals surface area contributed by atoms with Crippen LogP contribution >= 0.6 is 11.6 Å². The molecule has 5 atom stereocenters. The third-order valence-corrected chi connectivity index (χ3v) is 11.6. The summed E-state index contributed by atoms with van der Waals surface area (Å²) in [5.41, 5.74) is -3.31. The van der Waals surface area contributed by atoms with E-state index in [1.165, 1.54) is 11.0 Å². The molecule has 0 radical (unpaired) electrons. The van der Waals surface area contributed by atoms with Gasteiger partial charge in [-0.3, -0.25) is 19.2 Å². The van der Waals surface area contributed by atoms with Crippen molar-refractivity contribution in [2.24, 2.45) is 22.7 Å². The zero-order valence-electron chi connectivity index (χ0n) is 32.3. The van der Waals surface area contributed by atoms with E-state index in [1.807, 2.05) is 32.4 Å². The lowest BCUT2D eigenvalue weighted by Crippen LogP contribution is -2.49. The Morgan fingerprint density at radius 2 is 1.83 bits per heavy atom. The lowest BCUT2D eigenvalue weighted by Gasteiger charge is -2.35. The van der Waals surface area contributed by atoms with Crippen LogP contribution in [0.15, 0.2) is 36.9 Å². The minimum absolute atomic E-state index is 0.0185. The van der Waals surface area contributed by atoms with E-state index >= 15 is 0 Å². The summed E-state index contributed by atoms with van der Waals surface area (Å²) in [7, 11) is -4.45. The molecule has 296 valence electrons. The number of hydrogen-bond acceptors (Lipinski definition) is 11.